The molecule has 3 rings (SSSR count). The third-order valence-corrected chi connectivity index (χ3v) is 5.77. The lowest BCUT2D eigenvalue weighted by Crippen LogP contribution is -2.11. The van der Waals surface area contributed by atoms with Crippen molar-refractivity contribution in [1.82, 2.24) is 14.6 Å². The number of hydrogen-bond acceptors (Lipinski definition) is 7. The molecule has 1 aromatic carbocycles. The summed E-state index contributed by atoms with van der Waals surface area (Å²) >= 11 is 0. The van der Waals surface area contributed by atoms with Gasteiger partial charge in [-0.1, -0.05) is 18.2 Å². The fraction of sp³-hybridized carbons (Fsp3) is 0.278. The van der Waals surface area contributed by atoms with E-state index in [2.05, 4.69) is 15.4 Å². The van der Waals surface area contributed by atoms with Crippen LogP contribution in [-0.2, 0) is 25.8 Å². The van der Waals surface area contributed by atoms with Crippen LogP contribution in [0.25, 0.3) is 5.65 Å². The Morgan fingerprint density at radius 1 is 1.26 bits per heavy atom. The number of rotatable bonds is 6. The number of aryl methyl sites for hydroxylation is 1. The molecule has 0 fully saturated rings. The molecule has 0 saturated heterocycles. The van der Waals surface area contributed by atoms with E-state index in [4.69, 9.17) is 4.74 Å². The monoisotopic (exact) mass is 388 g/mol. The minimum atomic E-state index is -3.86. The fourth-order valence-electron chi connectivity index (χ4n) is 2.79. The smallest absolute Gasteiger partial charge is 0.311 e. The third kappa shape index (κ3) is 3.50. The van der Waals surface area contributed by atoms with Crippen LogP contribution in [0.3, 0.4) is 0 Å². The normalized spacial score (nSPS) is 11.5. The number of ether oxygens (including phenoxy) is 1. The van der Waals surface area contributed by atoms with Crippen LogP contribution >= 0.6 is 0 Å². The van der Waals surface area contributed by atoms with E-state index in [0.717, 1.165) is 0 Å². The molecule has 0 aliphatic carbocycles. The lowest BCUT2D eigenvalue weighted by Gasteiger charge is -2.07. The Bertz CT molecular complexity index is 1090. The van der Waals surface area contributed by atoms with Crippen LogP contribution in [0.5, 0.6) is 0 Å². The first-order valence-electron chi connectivity index (χ1n) is 8.41. The first-order chi connectivity index (χ1) is 12.9. The largest absolute Gasteiger partial charge is 0.466 e. The molecule has 3 aromatic rings. The van der Waals surface area contributed by atoms with Crippen molar-refractivity contribution in [2.75, 3.05) is 19.0 Å². The van der Waals surface area contributed by atoms with E-state index in [1.54, 1.807) is 45.2 Å². The molecule has 0 atom stereocenters. The third-order valence-electron chi connectivity index (χ3n) is 3.97. The fourth-order valence-corrected chi connectivity index (χ4v) is 4.31. The number of fused-ring (bicyclic) bond motifs is 1. The average molecular weight is 388 g/mol. The molecule has 1 N–H and O–H groups in total. The van der Waals surface area contributed by atoms with Gasteiger partial charge in [-0.2, -0.15) is 0 Å². The van der Waals surface area contributed by atoms with Gasteiger partial charge in [0.2, 0.25) is 9.84 Å². The van der Waals surface area contributed by atoms with Crippen molar-refractivity contribution in [2.45, 2.75) is 30.1 Å². The summed E-state index contributed by atoms with van der Waals surface area (Å²) < 4.78 is 32.8. The van der Waals surface area contributed by atoms with E-state index < -0.39 is 15.8 Å². The predicted octanol–water partition coefficient (Wildman–Crippen LogP) is 2.02. The Labute approximate surface area is 157 Å². The standard InChI is InChI=1S/C18H20N4O4S/c1-4-26-15(23)11-13-10-12(2)22-18(20-13)16(17(19-3)21-22)27(24,25)14-8-6-5-7-9-14/h5-10H,4,11H2,1-3H3,(H,19,21). The molecule has 0 bridgehead atoms. The first kappa shape index (κ1) is 18.8. The lowest BCUT2D eigenvalue weighted by atomic mass is 10.2. The average Bonchev–Trinajstić information content (AvgIpc) is 3.02. The first-order valence-corrected chi connectivity index (χ1v) is 9.89. The molecule has 0 aliphatic heterocycles. The number of esters is 1. The van der Waals surface area contributed by atoms with Crippen molar-refractivity contribution in [3.05, 3.63) is 47.8 Å². The molecule has 2 heterocycles. The molecular weight excluding hydrogens is 368 g/mol. The van der Waals surface area contributed by atoms with Gasteiger partial charge >= 0.3 is 5.97 Å². The molecule has 0 saturated carbocycles. The summed E-state index contributed by atoms with van der Waals surface area (Å²) in [5.41, 5.74) is 1.25. The Hall–Kier alpha value is -2.94. The van der Waals surface area contributed by atoms with Crippen molar-refractivity contribution in [1.29, 1.82) is 0 Å². The second-order valence-electron chi connectivity index (χ2n) is 5.85. The summed E-state index contributed by atoms with van der Waals surface area (Å²) in [5.74, 6) is -0.225. The highest BCUT2D eigenvalue weighted by Gasteiger charge is 2.29. The molecule has 2 aromatic heterocycles. The summed E-state index contributed by atoms with van der Waals surface area (Å²) in [4.78, 5) is 16.3. The molecule has 8 nitrogen and oxygen atoms in total. The van der Waals surface area contributed by atoms with Crippen LogP contribution in [0.4, 0.5) is 5.82 Å². The Balaban J connectivity index is 2.22. The zero-order valence-electron chi connectivity index (χ0n) is 15.3. The van der Waals surface area contributed by atoms with E-state index in [9.17, 15) is 13.2 Å². The number of nitrogens with zero attached hydrogens (tertiary/aromatic N) is 3. The summed E-state index contributed by atoms with van der Waals surface area (Å²) in [7, 11) is -2.26. The van der Waals surface area contributed by atoms with Crippen LogP contribution in [0.1, 0.15) is 18.3 Å². The van der Waals surface area contributed by atoms with Gasteiger partial charge in [-0.25, -0.2) is 17.9 Å². The molecule has 9 heteroatoms. The van der Waals surface area contributed by atoms with E-state index in [1.165, 1.54) is 16.6 Å². The number of carbonyl (C=O) groups excluding carboxylic acids is 1. The SMILES string of the molecule is CCOC(=O)Cc1cc(C)n2nc(NC)c(S(=O)(=O)c3ccccc3)c2n1. The van der Waals surface area contributed by atoms with E-state index >= 15 is 0 Å². The second-order valence-corrected chi connectivity index (χ2v) is 7.74. The van der Waals surface area contributed by atoms with Crippen LogP contribution in [-0.4, -0.2) is 42.6 Å². The van der Waals surface area contributed by atoms with Crippen LogP contribution in [0, 0.1) is 6.92 Å². The van der Waals surface area contributed by atoms with Crippen LogP contribution in [0.15, 0.2) is 46.2 Å². The van der Waals surface area contributed by atoms with Gasteiger partial charge in [0.05, 0.1) is 23.6 Å². The minimum Gasteiger partial charge on any atom is -0.466 e. The topological polar surface area (TPSA) is 103 Å². The van der Waals surface area contributed by atoms with Gasteiger partial charge in [-0.3, -0.25) is 4.79 Å². The number of carbonyl (C=O) groups is 1. The summed E-state index contributed by atoms with van der Waals surface area (Å²) in [5, 5.41) is 7.15. The van der Waals surface area contributed by atoms with Gasteiger partial charge in [0, 0.05) is 12.7 Å². The summed E-state index contributed by atoms with van der Waals surface area (Å²) in [6, 6.07) is 9.79. The summed E-state index contributed by atoms with van der Waals surface area (Å²) in [6.07, 6.45) is -0.0456. The number of hydrogen-bond donors (Lipinski definition) is 1. The van der Waals surface area contributed by atoms with Gasteiger partial charge in [-0.15, -0.1) is 5.10 Å². The van der Waals surface area contributed by atoms with E-state index in [0.29, 0.717) is 11.4 Å². The molecule has 0 amide bonds. The quantitative estimate of drug-likeness (QED) is 0.644. The van der Waals surface area contributed by atoms with Gasteiger partial charge < -0.3 is 10.1 Å². The van der Waals surface area contributed by atoms with Gasteiger partial charge in [0.25, 0.3) is 0 Å². The molecule has 142 valence electrons. The van der Waals surface area contributed by atoms with Crippen molar-refractivity contribution in [2.24, 2.45) is 0 Å². The Morgan fingerprint density at radius 3 is 2.59 bits per heavy atom. The number of anilines is 1. The molecule has 0 radical (unpaired) electrons. The van der Waals surface area contributed by atoms with Gasteiger partial charge in [0.15, 0.2) is 16.4 Å². The lowest BCUT2D eigenvalue weighted by molar-refractivity contribution is -0.142. The van der Waals surface area contributed by atoms with Crippen molar-refractivity contribution < 1.29 is 17.9 Å². The zero-order chi connectivity index (χ0) is 19.6. The van der Waals surface area contributed by atoms with E-state index in [-0.39, 0.29) is 34.3 Å². The van der Waals surface area contributed by atoms with E-state index in [1.807, 2.05) is 0 Å². The molecule has 0 aliphatic rings. The highest BCUT2D eigenvalue weighted by molar-refractivity contribution is 7.91. The number of aromatic nitrogens is 3. The highest BCUT2D eigenvalue weighted by atomic mass is 32.2. The van der Waals surface area contributed by atoms with Crippen molar-refractivity contribution in [3.8, 4) is 0 Å². The van der Waals surface area contributed by atoms with Crippen LogP contribution < -0.4 is 5.32 Å². The zero-order valence-corrected chi connectivity index (χ0v) is 16.1. The second kappa shape index (κ2) is 7.36. The van der Waals surface area contributed by atoms with Crippen LogP contribution in [0.2, 0.25) is 0 Å². The number of sulfone groups is 1. The molecule has 0 unspecified atom stereocenters. The maximum atomic E-state index is 13.2. The molecular formula is C18H20N4O4S. The maximum absolute atomic E-state index is 13.2. The number of nitrogens with one attached hydrogen (secondary N) is 1. The molecule has 0 spiro atoms. The van der Waals surface area contributed by atoms with Crippen molar-refractivity contribution in [3.63, 3.8) is 0 Å². The maximum Gasteiger partial charge on any atom is 0.311 e. The summed E-state index contributed by atoms with van der Waals surface area (Å²) in [6.45, 7) is 3.76. The number of benzene rings is 1. The predicted molar refractivity (Wildman–Crippen MR) is 99.5 cm³/mol. The Morgan fingerprint density at radius 2 is 1.96 bits per heavy atom. The highest BCUT2D eigenvalue weighted by Crippen LogP contribution is 2.31. The Kier molecular flexibility index (Phi) is 5.13. The van der Waals surface area contributed by atoms with Crippen molar-refractivity contribution >= 4 is 27.3 Å². The van der Waals surface area contributed by atoms with Gasteiger partial charge in [0.1, 0.15) is 0 Å². The minimum absolute atomic E-state index is 0.0231. The van der Waals surface area contributed by atoms with Gasteiger partial charge in [-0.05, 0) is 32.0 Å². The molecule has 27 heavy (non-hydrogen) atoms.